The minimum absolute atomic E-state index is 0.141. The number of amides is 1. The maximum Gasteiger partial charge on any atom is 0.229 e. The summed E-state index contributed by atoms with van der Waals surface area (Å²) in [4.78, 5) is 27.0. The highest BCUT2D eigenvalue weighted by Gasteiger charge is 2.31. The number of anilines is 1. The molecule has 2 aliphatic heterocycles. The number of aromatic nitrogens is 4. The fraction of sp³-hybridized carbons (Fsp3) is 0.462. The van der Waals surface area contributed by atoms with E-state index in [0.29, 0.717) is 6.54 Å². The van der Waals surface area contributed by atoms with Gasteiger partial charge in [-0.15, -0.1) is 0 Å². The zero-order valence-electron chi connectivity index (χ0n) is 19.5. The highest BCUT2D eigenvalue weighted by Crippen LogP contribution is 2.34. The molecule has 172 valence electrons. The Labute approximate surface area is 195 Å². The number of carbonyl (C=O) groups excluding carboxylic acids is 1. The Kier molecular flexibility index (Phi) is 6.11. The lowest BCUT2D eigenvalue weighted by Crippen LogP contribution is -2.41. The number of carbonyl (C=O) groups is 1. The summed E-state index contributed by atoms with van der Waals surface area (Å²) in [5, 5.41) is 4.84. The van der Waals surface area contributed by atoms with Crippen LogP contribution in [0.2, 0.25) is 0 Å². The van der Waals surface area contributed by atoms with E-state index in [9.17, 15) is 4.79 Å². The number of aryl methyl sites for hydroxylation is 1. The van der Waals surface area contributed by atoms with Gasteiger partial charge in [0.05, 0.1) is 17.3 Å². The van der Waals surface area contributed by atoms with Gasteiger partial charge in [0.2, 0.25) is 11.9 Å². The molecule has 0 aliphatic carbocycles. The van der Waals surface area contributed by atoms with Crippen molar-refractivity contribution in [2.45, 2.75) is 44.4 Å². The van der Waals surface area contributed by atoms with E-state index in [0.717, 1.165) is 60.9 Å². The number of likely N-dealkylation sites (tertiary alicyclic amines) is 1. The molecule has 0 radical (unpaired) electrons. The first kappa shape index (κ1) is 21.6. The van der Waals surface area contributed by atoms with Crippen molar-refractivity contribution >= 4 is 11.9 Å². The second-order valence-corrected chi connectivity index (χ2v) is 9.29. The summed E-state index contributed by atoms with van der Waals surface area (Å²) in [6, 6.07) is 12.0. The predicted octanol–water partition coefficient (Wildman–Crippen LogP) is 3.99. The molecule has 2 fully saturated rings. The van der Waals surface area contributed by atoms with E-state index in [1.807, 2.05) is 66.1 Å². The quantitative estimate of drug-likeness (QED) is 0.595. The third-order valence-electron chi connectivity index (χ3n) is 6.95. The molecule has 2 atom stereocenters. The topological polar surface area (TPSA) is 67.2 Å². The van der Waals surface area contributed by atoms with Crippen LogP contribution in [0, 0.1) is 0 Å². The summed E-state index contributed by atoms with van der Waals surface area (Å²) >= 11 is 0. The lowest BCUT2D eigenvalue weighted by atomic mass is 9.90. The number of nitrogens with zero attached hydrogens (tertiary/aromatic N) is 6. The third kappa shape index (κ3) is 4.49. The van der Waals surface area contributed by atoms with Crippen LogP contribution in [-0.4, -0.2) is 56.7 Å². The van der Waals surface area contributed by atoms with E-state index < -0.39 is 0 Å². The maximum absolute atomic E-state index is 13.3. The van der Waals surface area contributed by atoms with Gasteiger partial charge in [0.15, 0.2) is 0 Å². The first-order valence-electron chi connectivity index (χ1n) is 12.1. The lowest BCUT2D eigenvalue weighted by Gasteiger charge is -2.34. The third-order valence-corrected chi connectivity index (χ3v) is 6.95. The van der Waals surface area contributed by atoms with Crippen LogP contribution >= 0.6 is 0 Å². The van der Waals surface area contributed by atoms with Crippen molar-refractivity contribution in [3.8, 4) is 11.3 Å². The Hall–Kier alpha value is -3.22. The van der Waals surface area contributed by atoms with Gasteiger partial charge in [-0.3, -0.25) is 9.48 Å². The summed E-state index contributed by atoms with van der Waals surface area (Å²) in [5.41, 5.74) is 4.07. The van der Waals surface area contributed by atoms with Crippen LogP contribution in [0.15, 0.2) is 48.8 Å². The Morgan fingerprint density at radius 2 is 1.85 bits per heavy atom. The summed E-state index contributed by atoms with van der Waals surface area (Å²) in [7, 11) is 1.96. The van der Waals surface area contributed by atoms with Gasteiger partial charge in [-0.2, -0.15) is 5.10 Å². The molecular formula is C26H32N6O. The van der Waals surface area contributed by atoms with Crippen LogP contribution < -0.4 is 4.90 Å². The average molecular weight is 445 g/mol. The Bertz CT molecular complexity index is 1100. The SMILES string of the molecule is C[C@@H](C(=O)N1CCC[C@@H](c2nn(C)cc2-c2ccnc(N3CCCC3)n2)C1)c1ccccc1. The summed E-state index contributed by atoms with van der Waals surface area (Å²) in [5.74, 6) is 1.06. The van der Waals surface area contributed by atoms with Gasteiger partial charge in [-0.05, 0) is 44.2 Å². The lowest BCUT2D eigenvalue weighted by molar-refractivity contribution is -0.133. The molecule has 7 heteroatoms. The predicted molar refractivity (Wildman–Crippen MR) is 129 cm³/mol. The number of hydrogen-bond acceptors (Lipinski definition) is 5. The minimum Gasteiger partial charge on any atom is -0.342 e. The summed E-state index contributed by atoms with van der Waals surface area (Å²) in [6.07, 6.45) is 8.30. The van der Waals surface area contributed by atoms with Gasteiger partial charge in [-0.25, -0.2) is 9.97 Å². The van der Waals surface area contributed by atoms with Crippen LogP contribution in [0.5, 0.6) is 0 Å². The zero-order chi connectivity index (χ0) is 22.8. The molecule has 3 aromatic rings. The molecule has 4 heterocycles. The molecule has 7 nitrogen and oxygen atoms in total. The molecule has 2 saturated heterocycles. The standard InChI is InChI=1S/C26H32N6O/c1-19(20-9-4-3-5-10-20)25(33)32-16-8-11-21(17-32)24-22(18-30(2)29-24)23-12-13-27-26(28-23)31-14-6-7-15-31/h3-5,9-10,12-13,18-19,21H,6-8,11,14-17H2,1-2H3/t19-,21-/m1/s1. The van der Waals surface area contributed by atoms with Crippen molar-refractivity contribution in [1.29, 1.82) is 0 Å². The van der Waals surface area contributed by atoms with E-state index in [2.05, 4.69) is 16.1 Å². The summed E-state index contributed by atoms with van der Waals surface area (Å²) in [6.45, 7) is 5.55. The van der Waals surface area contributed by atoms with Crippen LogP contribution in [0.3, 0.4) is 0 Å². The van der Waals surface area contributed by atoms with E-state index in [4.69, 9.17) is 10.1 Å². The minimum atomic E-state index is -0.141. The monoisotopic (exact) mass is 444 g/mol. The molecule has 33 heavy (non-hydrogen) atoms. The second-order valence-electron chi connectivity index (χ2n) is 9.29. The van der Waals surface area contributed by atoms with Crippen molar-refractivity contribution < 1.29 is 4.79 Å². The number of benzene rings is 1. The fourth-order valence-corrected chi connectivity index (χ4v) is 5.13. The van der Waals surface area contributed by atoms with E-state index in [1.54, 1.807) is 0 Å². The molecule has 5 rings (SSSR count). The fourth-order valence-electron chi connectivity index (χ4n) is 5.13. The van der Waals surface area contributed by atoms with Crippen LogP contribution in [0.4, 0.5) is 5.95 Å². The largest absolute Gasteiger partial charge is 0.342 e. The van der Waals surface area contributed by atoms with Crippen LogP contribution in [0.25, 0.3) is 11.3 Å². The first-order chi connectivity index (χ1) is 16.1. The number of piperidine rings is 1. The van der Waals surface area contributed by atoms with E-state index in [1.165, 1.54) is 12.8 Å². The molecule has 0 N–H and O–H groups in total. The van der Waals surface area contributed by atoms with Gasteiger partial charge in [0, 0.05) is 57.1 Å². The normalized spacial score (nSPS) is 19.6. The molecule has 0 unspecified atom stereocenters. The van der Waals surface area contributed by atoms with E-state index >= 15 is 0 Å². The van der Waals surface area contributed by atoms with Gasteiger partial charge in [-0.1, -0.05) is 30.3 Å². The highest BCUT2D eigenvalue weighted by molar-refractivity contribution is 5.83. The van der Waals surface area contributed by atoms with Crippen molar-refractivity contribution in [2.75, 3.05) is 31.1 Å². The summed E-state index contributed by atoms with van der Waals surface area (Å²) < 4.78 is 1.87. The molecule has 1 amide bonds. The Balaban J connectivity index is 1.38. The smallest absolute Gasteiger partial charge is 0.229 e. The molecule has 1 aromatic carbocycles. The molecular weight excluding hydrogens is 412 g/mol. The molecule has 0 spiro atoms. The van der Waals surface area contributed by atoms with Crippen molar-refractivity contribution in [1.82, 2.24) is 24.6 Å². The van der Waals surface area contributed by atoms with Crippen molar-refractivity contribution in [3.05, 3.63) is 60.0 Å². The number of hydrogen-bond donors (Lipinski definition) is 0. The zero-order valence-corrected chi connectivity index (χ0v) is 19.5. The van der Waals surface area contributed by atoms with Crippen LogP contribution in [-0.2, 0) is 11.8 Å². The Morgan fingerprint density at radius 3 is 2.64 bits per heavy atom. The van der Waals surface area contributed by atoms with Gasteiger partial charge in [0.25, 0.3) is 0 Å². The number of rotatable bonds is 5. The maximum atomic E-state index is 13.3. The second kappa shape index (κ2) is 9.33. The first-order valence-corrected chi connectivity index (χ1v) is 12.1. The molecule has 0 saturated carbocycles. The molecule has 2 aromatic heterocycles. The molecule has 2 aliphatic rings. The average Bonchev–Trinajstić information content (AvgIpc) is 3.54. The van der Waals surface area contributed by atoms with Gasteiger partial charge >= 0.3 is 0 Å². The highest BCUT2D eigenvalue weighted by atomic mass is 16.2. The Morgan fingerprint density at radius 1 is 1.06 bits per heavy atom. The molecule has 0 bridgehead atoms. The van der Waals surface area contributed by atoms with Crippen LogP contribution in [0.1, 0.15) is 55.7 Å². The van der Waals surface area contributed by atoms with Crippen molar-refractivity contribution in [2.24, 2.45) is 7.05 Å². The van der Waals surface area contributed by atoms with Gasteiger partial charge in [0.1, 0.15) is 0 Å². The van der Waals surface area contributed by atoms with Crippen molar-refractivity contribution in [3.63, 3.8) is 0 Å². The van der Waals surface area contributed by atoms with E-state index in [-0.39, 0.29) is 17.7 Å². The van der Waals surface area contributed by atoms with Gasteiger partial charge < -0.3 is 9.80 Å².